The Labute approximate surface area is 192 Å². The molecule has 32 heavy (non-hydrogen) atoms. The van der Waals surface area contributed by atoms with Gasteiger partial charge in [-0.05, 0) is 59.7 Å². The third kappa shape index (κ3) is 3.78. The highest BCUT2D eigenvalue weighted by atomic mass is 32.2. The Morgan fingerprint density at radius 2 is 1.81 bits per heavy atom. The number of ether oxygens (including phenoxy) is 1. The fourth-order valence-electron chi connectivity index (χ4n) is 4.66. The van der Waals surface area contributed by atoms with E-state index < -0.39 is 0 Å². The van der Waals surface area contributed by atoms with Crippen LogP contribution < -0.4 is 4.74 Å². The number of benzene rings is 3. The Kier molecular flexibility index (Phi) is 5.66. The second-order valence-corrected chi connectivity index (χ2v) is 8.98. The van der Waals surface area contributed by atoms with Gasteiger partial charge in [0, 0.05) is 28.0 Å². The number of nitrogens with one attached hydrogen (secondary N) is 1. The third-order valence-corrected chi connectivity index (χ3v) is 7.04. The van der Waals surface area contributed by atoms with Gasteiger partial charge in [-0.25, -0.2) is 0 Å². The van der Waals surface area contributed by atoms with Crippen molar-refractivity contribution in [3.63, 3.8) is 0 Å². The lowest BCUT2D eigenvalue weighted by Crippen LogP contribution is -2.41. The number of fused-ring (bicyclic) bond motifs is 3. The molecule has 3 aromatic carbocycles. The van der Waals surface area contributed by atoms with Gasteiger partial charge in [0.25, 0.3) is 0 Å². The molecule has 2 heterocycles. The van der Waals surface area contributed by atoms with Crippen LogP contribution in [0, 0.1) is 0 Å². The molecule has 0 radical (unpaired) electrons. The molecule has 0 aliphatic carbocycles. The fourth-order valence-corrected chi connectivity index (χ4v) is 5.07. The number of nitrogens with zero attached hydrogens (tertiary/aromatic N) is 1. The normalized spacial score (nSPS) is 15.6. The second-order valence-electron chi connectivity index (χ2n) is 8.10. The largest absolute Gasteiger partial charge is 0.497 e. The van der Waals surface area contributed by atoms with Gasteiger partial charge >= 0.3 is 0 Å². The van der Waals surface area contributed by atoms with Gasteiger partial charge in [0.15, 0.2) is 0 Å². The predicted molar refractivity (Wildman–Crippen MR) is 130 cm³/mol. The summed E-state index contributed by atoms with van der Waals surface area (Å²) in [5.74, 6) is 0.937. The highest BCUT2D eigenvalue weighted by Crippen LogP contribution is 2.39. The minimum Gasteiger partial charge on any atom is -0.497 e. The molecule has 4 nitrogen and oxygen atoms in total. The van der Waals surface area contributed by atoms with Crippen molar-refractivity contribution in [1.82, 2.24) is 9.88 Å². The number of amides is 1. The maximum atomic E-state index is 13.5. The monoisotopic (exact) mass is 442 g/mol. The number of hydrogen-bond donors (Lipinski definition) is 1. The van der Waals surface area contributed by atoms with Crippen LogP contribution >= 0.6 is 11.8 Å². The first-order chi connectivity index (χ1) is 15.7. The van der Waals surface area contributed by atoms with Crippen molar-refractivity contribution in [3.8, 4) is 5.75 Å². The standard InChI is InChI=1S/C27H26N2O2S/c1-31-20-11-7-18(8-12-20)17-25(30)29-16-15-23-22-5-3-4-6-24(22)28-26(23)27(29)19-9-13-21(32-2)14-10-19/h3-14,27-28H,15-17H2,1-2H3/t27-/m1/s1. The fraction of sp³-hybridized carbons (Fsp3) is 0.222. The van der Waals surface area contributed by atoms with E-state index in [-0.39, 0.29) is 11.9 Å². The van der Waals surface area contributed by atoms with Crippen LogP contribution in [0.5, 0.6) is 5.75 Å². The molecule has 1 amide bonds. The van der Waals surface area contributed by atoms with Gasteiger partial charge in [-0.1, -0.05) is 42.5 Å². The van der Waals surface area contributed by atoms with Crippen LogP contribution in [0.25, 0.3) is 10.9 Å². The van der Waals surface area contributed by atoms with Crippen molar-refractivity contribution in [3.05, 3.63) is 95.2 Å². The summed E-state index contributed by atoms with van der Waals surface area (Å²) in [5.41, 5.74) is 5.73. The van der Waals surface area contributed by atoms with Crippen molar-refractivity contribution in [1.29, 1.82) is 0 Å². The molecule has 0 fully saturated rings. The van der Waals surface area contributed by atoms with E-state index in [0.717, 1.165) is 34.5 Å². The Bertz CT molecular complexity index is 1250. The number of hydrogen-bond acceptors (Lipinski definition) is 3. The Morgan fingerprint density at radius 1 is 1.06 bits per heavy atom. The highest BCUT2D eigenvalue weighted by Gasteiger charge is 2.34. The molecule has 1 aliphatic rings. The first-order valence-electron chi connectivity index (χ1n) is 10.8. The lowest BCUT2D eigenvalue weighted by atomic mass is 9.92. The number of thioether (sulfide) groups is 1. The molecule has 1 aliphatic heterocycles. The summed E-state index contributed by atoms with van der Waals surface area (Å²) in [6.45, 7) is 0.707. The first-order valence-corrected chi connectivity index (χ1v) is 12.1. The number of carbonyl (C=O) groups is 1. The maximum absolute atomic E-state index is 13.5. The molecule has 1 aromatic heterocycles. The van der Waals surface area contributed by atoms with Crippen molar-refractivity contribution >= 4 is 28.6 Å². The molecule has 4 aromatic rings. The lowest BCUT2D eigenvalue weighted by molar-refractivity contribution is -0.132. The summed E-state index contributed by atoms with van der Waals surface area (Å²) in [5, 5.41) is 1.26. The van der Waals surface area contributed by atoms with E-state index in [9.17, 15) is 4.79 Å². The van der Waals surface area contributed by atoms with Crippen molar-refractivity contribution < 1.29 is 9.53 Å². The smallest absolute Gasteiger partial charge is 0.227 e. The second kappa shape index (κ2) is 8.75. The number of carbonyl (C=O) groups excluding carboxylic acids is 1. The maximum Gasteiger partial charge on any atom is 0.227 e. The molecule has 1 N–H and O–H groups in total. The van der Waals surface area contributed by atoms with E-state index in [1.165, 1.54) is 15.8 Å². The van der Waals surface area contributed by atoms with Crippen LogP contribution in [0.1, 0.15) is 28.4 Å². The topological polar surface area (TPSA) is 45.3 Å². The molecule has 0 saturated carbocycles. The summed E-state index contributed by atoms with van der Waals surface area (Å²) in [6, 6.07) is 24.7. The zero-order valence-corrected chi connectivity index (χ0v) is 19.1. The number of aromatic nitrogens is 1. The molecule has 5 rings (SSSR count). The van der Waals surface area contributed by atoms with E-state index in [4.69, 9.17) is 4.74 Å². The van der Waals surface area contributed by atoms with E-state index in [1.54, 1.807) is 18.9 Å². The molecular formula is C27H26N2O2S. The summed E-state index contributed by atoms with van der Waals surface area (Å²) in [4.78, 5) is 20.4. The van der Waals surface area contributed by atoms with Gasteiger partial charge in [0.1, 0.15) is 5.75 Å². The Balaban J connectivity index is 1.53. The number of methoxy groups -OCH3 is 1. The predicted octanol–water partition coefficient (Wildman–Crippen LogP) is 5.62. The average molecular weight is 443 g/mol. The van der Waals surface area contributed by atoms with Crippen LogP contribution in [0.3, 0.4) is 0 Å². The first kappa shape index (κ1) is 20.7. The molecule has 1 atom stereocenters. The third-order valence-electron chi connectivity index (χ3n) is 6.30. The molecule has 162 valence electrons. The Hall–Kier alpha value is -3.18. The van der Waals surface area contributed by atoms with Gasteiger partial charge in [-0.2, -0.15) is 0 Å². The summed E-state index contributed by atoms with van der Waals surface area (Å²) < 4.78 is 5.25. The van der Waals surface area contributed by atoms with Gasteiger partial charge in [0.05, 0.1) is 19.6 Å². The van der Waals surface area contributed by atoms with Crippen LogP contribution in [-0.2, 0) is 17.6 Å². The van der Waals surface area contributed by atoms with Crippen LogP contribution in [0.2, 0.25) is 0 Å². The van der Waals surface area contributed by atoms with Gasteiger partial charge < -0.3 is 14.6 Å². The number of para-hydroxylation sites is 1. The molecule has 5 heteroatoms. The van der Waals surface area contributed by atoms with Crippen LogP contribution in [-0.4, -0.2) is 35.7 Å². The number of rotatable bonds is 5. The SMILES string of the molecule is COc1ccc(CC(=O)N2CCc3c([nH]c4ccccc34)[C@H]2c2ccc(SC)cc2)cc1. The molecule has 0 unspecified atom stereocenters. The number of aromatic amines is 1. The van der Waals surface area contributed by atoms with Gasteiger partial charge in [-0.15, -0.1) is 11.8 Å². The van der Waals surface area contributed by atoms with Crippen LogP contribution in [0.4, 0.5) is 0 Å². The Morgan fingerprint density at radius 3 is 2.53 bits per heavy atom. The number of H-pyrrole nitrogens is 1. The van der Waals surface area contributed by atoms with Crippen molar-refractivity contribution in [2.24, 2.45) is 0 Å². The van der Waals surface area contributed by atoms with E-state index in [0.29, 0.717) is 13.0 Å². The zero-order valence-electron chi connectivity index (χ0n) is 18.3. The van der Waals surface area contributed by atoms with E-state index in [2.05, 4.69) is 59.8 Å². The summed E-state index contributed by atoms with van der Waals surface area (Å²) in [7, 11) is 1.65. The van der Waals surface area contributed by atoms with Crippen molar-refractivity contribution in [2.45, 2.75) is 23.8 Å². The molecular weight excluding hydrogens is 416 g/mol. The summed E-state index contributed by atoms with van der Waals surface area (Å²) in [6.07, 6.45) is 3.31. The zero-order chi connectivity index (χ0) is 22.1. The lowest BCUT2D eigenvalue weighted by Gasteiger charge is -2.36. The molecule has 0 bridgehead atoms. The average Bonchev–Trinajstić information content (AvgIpc) is 3.23. The minimum atomic E-state index is -0.118. The van der Waals surface area contributed by atoms with Crippen molar-refractivity contribution in [2.75, 3.05) is 19.9 Å². The van der Waals surface area contributed by atoms with Crippen LogP contribution in [0.15, 0.2) is 77.7 Å². The molecule has 0 spiro atoms. The van der Waals surface area contributed by atoms with Gasteiger partial charge in [0.2, 0.25) is 5.91 Å². The van der Waals surface area contributed by atoms with Gasteiger partial charge in [-0.3, -0.25) is 4.79 Å². The van der Waals surface area contributed by atoms with E-state index >= 15 is 0 Å². The minimum absolute atomic E-state index is 0.118. The summed E-state index contributed by atoms with van der Waals surface area (Å²) >= 11 is 1.73. The molecule has 0 saturated heterocycles. The van der Waals surface area contributed by atoms with E-state index in [1.807, 2.05) is 29.2 Å². The quantitative estimate of drug-likeness (QED) is 0.408. The highest BCUT2D eigenvalue weighted by molar-refractivity contribution is 7.98.